The number of urea groups is 1. The molecule has 1 atom stereocenters. The molecule has 1 heterocycles. The van der Waals surface area contributed by atoms with Gasteiger partial charge < -0.3 is 9.73 Å². The fourth-order valence-corrected chi connectivity index (χ4v) is 0.934. The maximum Gasteiger partial charge on any atom is 0.322 e. The summed E-state index contributed by atoms with van der Waals surface area (Å²) in [5.74, 6) is -0.421. The summed E-state index contributed by atoms with van der Waals surface area (Å²) >= 11 is 0. The third-order valence-corrected chi connectivity index (χ3v) is 1.96. The number of amides is 3. The monoisotopic (exact) mass is 210 g/mol. The lowest BCUT2D eigenvalue weighted by atomic mass is 10.3. The average molecular weight is 210 g/mol. The number of carbonyl (C=O) groups excluding carboxylic acids is 2. The fourth-order valence-electron chi connectivity index (χ4n) is 0.934. The van der Waals surface area contributed by atoms with Crippen LogP contribution in [0.15, 0.2) is 22.8 Å². The van der Waals surface area contributed by atoms with Crippen LogP contribution in [0.4, 0.5) is 4.79 Å². The smallest absolute Gasteiger partial charge is 0.322 e. The van der Waals surface area contributed by atoms with Gasteiger partial charge in [-0.25, -0.2) is 4.79 Å². The number of furan rings is 1. The molecule has 0 radical (unpaired) electrons. The van der Waals surface area contributed by atoms with Crippen molar-refractivity contribution < 1.29 is 14.0 Å². The zero-order valence-corrected chi connectivity index (χ0v) is 8.74. The van der Waals surface area contributed by atoms with E-state index < -0.39 is 11.9 Å². The van der Waals surface area contributed by atoms with Crippen molar-refractivity contribution in [1.29, 1.82) is 0 Å². The topological polar surface area (TPSA) is 71.3 Å². The molecule has 2 N–H and O–H groups in total. The van der Waals surface area contributed by atoms with E-state index in [4.69, 9.17) is 4.42 Å². The van der Waals surface area contributed by atoms with Gasteiger partial charge in [0, 0.05) is 6.04 Å². The third kappa shape index (κ3) is 3.46. The highest BCUT2D eigenvalue weighted by atomic mass is 16.3. The molecule has 1 aromatic heterocycles. The Bertz CT molecular complexity index is 332. The first-order chi connectivity index (χ1) is 7.13. The van der Waals surface area contributed by atoms with Gasteiger partial charge in [-0.1, -0.05) is 6.92 Å². The Hall–Kier alpha value is -1.78. The van der Waals surface area contributed by atoms with Crippen LogP contribution in [0.3, 0.4) is 0 Å². The van der Waals surface area contributed by atoms with Gasteiger partial charge >= 0.3 is 6.03 Å². The van der Waals surface area contributed by atoms with Crippen LogP contribution in [-0.4, -0.2) is 18.0 Å². The van der Waals surface area contributed by atoms with E-state index >= 15 is 0 Å². The zero-order valence-electron chi connectivity index (χ0n) is 8.74. The number of carbonyl (C=O) groups is 2. The van der Waals surface area contributed by atoms with Gasteiger partial charge in [0.05, 0.1) is 6.26 Å². The molecule has 0 saturated carbocycles. The second kappa shape index (κ2) is 5.19. The lowest BCUT2D eigenvalue weighted by Gasteiger charge is -2.10. The molecule has 1 aromatic rings. The molecule has 1 unspecified atom stereocenters. The molecule has 82 valence electrons. The Labute approximate surface area is 87.8 Å². The molecule has 0 spiro atoms. The summed E-state index contributed by atoms with van der Waals surface area (Å²) in [6.45, 7) is 3.80. The molecule has 0 aliphatic carbocycles. The van der Waals surface area contributed by atoms with Gasteiger partial charge in [0.1, 0.15) is 0 Å². The maximum atomic E-state index is 11.3. The fraction of sp³-hybridized carbons (Fsp3) is 0.400. The van der Waals surface area contributed by atoms with Gasteiger partial charge in [-0.05, 0) is 25.5 Å². The lowest BCUT2D eigenvalue weighted by molar-refractivity contribution is 0.0936. The Morgan fingerprint density at radius 1 is 1.53 bits per heavy atom. The van der Waals surface area contributed by atoms with Crippen LogP contribution in [0.25, 0.3) is 0 Å². The highest BCUT2D eigenvalue weighted by molar-refractivity contribution is 6.02. The number of hydrogen-bond acceptors (Lipinski definition) is 3. The van der Waals surface area contributed by atoms with E-state index in [2.05, 4.69) is 10.6 Å². The molecule has 3 amide bonds. The second-order valence-corrected chi connectivity index (χ2v) is 3.21. The van der Waals surface area contributed by atoms with Crippen molar-refractivity contribution in [2.45, 2.75) is 26.3 Å². The molecule has 15 heavy (non-hydrogen) atoms. The number of hydrogen-bond donors (Lipinski definition) is 2. The van der Waals surface area contributed by atoms with E-state index in [9.17, 15) is 9.59 Å². The van der Waals surface area contributed by atoms with Crippen LogP contribution in [0.5, 0.6) is 0 Å². The number of nitrogens with one attached hydrogen (secondary N) is 2. The Balaban J connectivity index is 2.42. The Morgan fingerprint density at radius 3 is 2.80 bits per heavy atom. The molecular formula is C10H14N2O3. The second-order valence-electron chi connectivity index (χ2n) is 3.21. The van der Waals surface area contributed by atoms with Crippen LogP contribution >= 0.6 is 0 Å². The van der Waals surface area contributed by atoms with E-state index in [1.807, 2.05) is 13.8 Å². The van der Waals surface area contributed by atoms with Crippen LogP contribution in [0, 0.1) is 0 Å². The minimum absolute atomic E-state index is 0.0365. The summed E-state index contributed by atoms with van der Waals surface area (Å²) in [5.41, 5.74) is 0. The molecule has 0 aromatic carbocycles. The Morgan fingerprint density at radius 2 is 2.27 bits per heavy atom. The first-order valence-corrected chi connectivity index (χ1v) is 4.78. The predicted octanol–water partition coefficient (Wildman–Crippen LogP) is 1.52. The van der Waals surface area contributed by atoms with Crippen molar-refractivity contribution in [3.05, 3.63) is 24.2 Å². The highest BCUT2D eigenvalue weighted by Gasteiger charge is 2.13. The minimum atomic E-state index is -0.541. The van der Waals surface area contributed by atoms with E-state index in [0.29, 0.717) is 0 Å². The molecule has 1 rings (SSSR count). The summed E-state index contributed by atoms with van der Waals surface area (Å²) < 4.78 is 4.84. The summed E-state index contributed by atoms with van der Waals surface area (Å²) in [6, 6.07) is 2.60. The van der Waals surface area contributed by atoms with Crippen LogP contribution in [0.1, 0.15) is 30.8 Å². The molecule has 0 aliphatic rings. The molecular weight excluding hydrogens is 196 g/mol. The standard InChI is InChI=1S/C10H14N2O3/c1-3-7(2)11-10(14)12-9(13)8-5-4-6-15-8/h4-7H,3H2,1-2H3,(H2,11,12,13,14). The van der Waals surface area contributed by atoms with E-state index in [-0.39, 0.29) is 11.8 Å². The molecule has 0 bridgehead atoms. The van der Waals surface area contributed by atoms with Crippen molar-refractivity contribution in [1.82, 2.24) is 10.6 Å². The molecule has 5 heteroatoms. The van der Waals surface area contributed by atoms with Gasteiger partial charge in [0.2, 0.25) is 0 Å². The van der Waals surface area contributed by atoms with Crippen molar-refractivity contribution in [3.8, 4) is 0 Å². The predicted molar refractivity (Wildman–Crippen MR) is 54.5 cm³/mol. The van der Waals surface area contributed by atoms with E-state index in [0.717, 1.165) is 6.42 Å². The molecule has 0 fully saturated rings. The normalized spacial score (nSPS) is 11.9. The number of imide groups is 1. The average Bonchev–Trinajstić information content (AvgIpc) is 2.70. The van der Waals surface area contributed by atoms with Gasteiger partial charge in [0.25, 0.3) is 5.91 Å². The summed E-state index contributed by atoms with van der Waals surface area (Å²) in [7, 11) is 0. The SMILES string of the molecule is CCC(C)NC(=O)NC(=O)c1ccco1. The molecule has 5 nitrogen and oxygen atoms in total. The number of rotatable bonds is 3. The van der Waals surface area contributed by atoms with Crippen molar-refractivity contribution >= 4 is 11.9 Å². The first kappa shape index (κ1) is 11.3. The quantitative estimate of drug-likeness (QED) is 0.794. The maximum absolute atomic E-state index is 11.3. The van der Waals surface area contributed by atoms with Gasteiger partial charge in [-0.2, -0.15) is 0 Å². The summed E-state index contributed by atoms with van der Waals surface area (Å²) in [6.07, 6.45) is 2.18. The summed E-state index contributed by atoms with van der Waals surface area (Å²) in [5, 5.41) is 4.77. The van der Waals surface area contributed by atoms with Crippen LogP contribution in [-0.2, 0) is 0 Å². The van der Waals surface area contributed by atoms with Crippen LogP contribution < -0.4 is 10.6 Å². The van der Waals surface area contributed by atoms with Crippen molar-refractivity contribution in [2.24, 2.45) is 0 Å². The first-order valence-electron chi connectivity index (χ1n) is 4.78. The minimum Gasteiger partial charge on any atom is -0.459 e. The zero-order chi connectivity index (χ0) is 11.3. The van der Waals surface area contributed by atoms with Crippen molar-refractivity contribution in [3.63, 3.8) is 0 Å². The Kier molecular flexibility index (Phi) is 3.91. The van der Waals surface area contributed by atoms with Crippen LogP contribution in [0.2, 0.25) is 0 Å². The van der Waals surface area contributed by atoms with Gasteiger partial charge in [-0.15, -0.1) is 0 Å². The van der Waals surface area contributed by atoms with E-state index in [1.165, 1.54) is 12.3 Å². The van der Waals surface area contributed by atoms with E-state index in [1.54, 1.807) is 6.07 Å². The lowest BCUT2D eigenvalue weighted by Crippen LogP contribution is -2.43. The highest BCUT2D eigenvalue weighted by Crippen LogP contribution is 1.98. The van der Waals surface area contributed by atoms with Gasteiger partial charge in [-0.3, -0.25) is 10.1 Å². The van der Waals surface area contributed by atoms with Crippen molar-refractivity contribution in [2.75, 3.05) is 0 Å². The summed E-state index contributed by atoms with van der Waals surface area (Å²) in [4.78, 5) is 22.6. The molecule has 0 saturated heterocycles. The largest absolute Gasteiger partial charge is 0.459 e. The molecule has 0 aliphatic heterocycles. The third-order valence-electron chi connectivity index (χ3n) is 1.96. The van der Waals surface area contributed by atoms with Gasteiger partial charge in [0.15, 0.2) is 5.76 Å².